The zero-order valence-electron chi connectivity index (χ0n) is 10.9. The van der Waals surface area contributed by atoms with Crippen molar-refractivity contribution >= 4 is 11.5 Å². The first-order chi connectivity index (χ1) is 8.69. The van der Waals surface area contributed by atoms with Gasteiger partial charge >= 0.3 is 0 Å². The number of rotatable bonds is 7. The highest BCUT2D eigenvalue weighted by Crippen LogP contribution is 2.30. The van der Waals surface area contributed by atoms with Gasteiger partial charge in [0.05, 0.1) is 12.3 Å². The van der Waals surface area contributed by atoms with Gasteiger partial charge in [0.2, 0.25) is 5.88 Å². The molecule has 1 aliphatic rings. The van der Waals surface area contributed by atoms with E-state index in [2.05, 4.69) is 23.8 Å². The lowest BCUT2D eigenvalue weighted by Gasteiger charge is -2.14. The van der Waals surface area contributed by atoms with Gasteiger partial charge < -0.3 is 15.8 Å². The van der Waals surface area contributed by atoms with Gasteiger partial charge in [-0.2, -0.15) is 4.98 Å². The number of hydrogen-bond acceptors (Lipinski definition) is 4. The molecule has 4 nitrogen and oxygen atoms in total. The van der Waals surface area contributed by atoms with Crippen molar-refractivity contribution in [2.45, 2.75) is 32.2 Å². The Hall–Kier alpha value is -1.71. The Morgan fingerprint density at radius 3 is 3.06 bits per heavy atom. The molecular weight excluding hydrogens is 226 g/mol. The van der Waals surface area contributed by atoms with E-state index >= 15 is 0 Å². The fraction of sp³-hybridized carbons (Fsp3) is 0.500. The third-order valence-electron chi connectivity index (χ3n) is 2.96. The molecule has 1 heterocycles. The van der Waals surface area contributed by atoms with Crippen molar-refractivity contribution in [3.8, 4) is 5.88 Å². The van der Waals surface area contributed by atoms with Crippen LogP contribution in [-0.4, -0.2) is 17.6 Å². The highest BCUT2D eigenvalue weighted by Gasteiger charge is 2.22. The first-order valence-electron chi connectivity index (χ1n) is 6.45. The molecule has 1 unspecified atom stereocenters. The Bertz CT molecular complexity index is 416. The summed E-state index contributed by atoms with van der Waals surface area (Å²) < 4.78 is 5.65. The molecule has 0 saturated heterocycles. The quantitative estimate of drug-likeness (QED) is 0.727. The van der Waals surface area contributed by atoms with Crippen LogP contribution >= 0.6 is 0 Å². The molecule has 0 radical (unpaired) electrons. The van der Waals surface area contributed by atoms with E-state index < -0.39 is 0 Å². The number of hydrogen-bond donors (Lipinski definition) is 2. The minimum Gasteiger partial charge on any atom is -0.476 e. The van der Waals surface area contributed by atoms with Crippen molar-refractivity contribution in [2.75, 3.05) is 17.7 Å². The minimum atomic E-state index is 0.301. The maximum atomic E-state index is 5.85. The average molecular weight is 247 g/mol. The summed E-state index contributed by atoms with van der Waals surface area (Å²) in [4.78, 5) is 4.40. The van der Waals surface area contributed by atoms with Gasteiger partial charge in [0.15, 0.2) is 0 Å². The number of nitrogens with one attached hydrogen (secondary N) is 1. The number of aromatic nitrogens is 1. The predicted molar refractivity (Wildman–Crippen MR) is 74.8 cm³/mol. The summed E-state index contributed by atoms with van der Waals surface area (Å²) in [6.45, 7) is 6.54. The van der Waals surface area contributed by atoms with Crippen LogP contribution in [0.2, 0.25) is 0 Å². The van der Waals surface area contributed by atoms with Crippen LogP contribution in [0.15, 0.2) is 24.8 Å². The van der Waals surface area contributed by atoms with Crippen molar-refractivity contribution < 1.29 is 4.74 Å². The molecule has 2 rings (SSSR count). The van der Waals surface area contributed by atoms with Crippen LogP contribution in [0, 0.1) is 5.92 Å². The Labute approximate surface area is 108 Å². The summed E-state index contributed by atoms with van der Waals surface area (Å²) in [5.74, 6) is 2.03. The topological polar surface area (TPSA) is 60.2 Å². The maximum absolute atomic E-state index is 5.85. The van der Waals surface area contributed by atoms with E-state index in [0.29, 0.717) is 23.5 Å². The van der Waals surface area contributed by atoms with Gasteiger partial charge in [-0.25, -0.2) is 0 Å². The summed E-state index contributed by atoms with van der Waals surface area (Å²) in [5, 5.41) is 3.30. The molecule has 4 heteroatoms. The summed E-state index contributed by atoms with van der Waals surface area (Å²) >= 11 is 0. The van der Waals surface area contributed by atoms with Gasteiger partial charge in [-0.05, 0) is 44.2 Å². The van der Waals surface area contributed by atoms with Gasteiger partial charge in [0, 0.05) is 6.04 Å². The van der Waals surface area contributed by atoms with Crippen LogP contribution in [0.5, 0.6) is 5.88 Å². The van der Waals surface area contributed by atoms with Gasteiger partial charge in [0.25, 0.3) is 0 Å². The third kappa shape index (κ3) is 3.65. The molecule has 0 spiro atoms. The van der Waals surface area contributed by atoms with Crippen LogP contribution in [0.3, 0.4) is 0 Å². The van der Waals surface area contributed by atoms with E-state index in [0.717, 1.165) is 18.8 Å². The van der Waals surface area contributed by atoms with Crippen LogP contribution in [0.25, 0.3) is 0 Å². The summed E-state index contributed by atoms with van der Waals surface area (Å²) in [6, 6.07) is 4.01. The predicted octanol–water partition coefficient (Wildman–Crippen LogP) is 2.83. The lowest BCUT2D eigenvalue weighted by Crippen LogP contribution is -2.15. The monoisotopic (exact) mass is 247 g/mol. The minimum absolute atomic E-state index is 0.301. The molecule has 0 aliphatic heterocycles. The smallest absolute Gasteiger partial charge is 0.239 e. The maximum Gasteiger partial charge on any atom is 0.239 e. The second-order valence-corrected chi connectivity index (χ2v) is 4.92. The third-order valence-corrected chi connectivity index (χ3v) is 2.96. The highest BCUT2D eigenvalue weighted by atomic mass is 16.5. The zero-order valence-corrected chi connectivity index (χ0v) is 10.9. The van der Waals surface area contributed by atoms with Crippen molar-refractivity contribution in [3.63, 3.8) is 0 Å². The lowest BCUT2D eigenvalue weighted by molar-refractivity contribution is 0.290. The highest BCUT2D eigenvalue weighted by molar-refractivity contribution is 5.53. The standard InChI is InChI=1S/C14H21N3O/c1-3-4-10(2)16-13-8-7-12(15)14(17-13)18-9-11-5-6-11/h3,7-8,10-11H,1,4-6,9,15H2,2H3,(H,16,17). The number of nitrogen functional groups attached to an aromatic ring is 1. The molecular formula is C14H21N3O. The van der Waals surface area contributed by atoms with E-state index in [1.54, 1.807) is 0 Å². The lowest BCUT2D eigenvalue weighted by atomic mass is 10.2. The molecule has 1 aromatic heterocycles. The van der Waals surface area contributed by atoms with Gasteiger partial charge in [-0.3, -0.25) is 0 Å². The molecule has 1 aromatic rings. The van der Waals surface area contributed by atoms with Gasteiger partial charge in [-0.15, -0.1) is 6.58 Å². The fourth-order valence-corrected chi connectivity index (χ4v) is 1.69. The van der Waals surface area contributed by atoms with E-state index in [-0.39, 0.29) is 0 Å². The van der Waals surface area contributed by atoms with Crippen LogP contribution in [0.1, 0.15) is 26.2 Å². The van der Waals surface area contributed by atoms with Gasteiger partial charge in [0.1, 0.15) is 5.82 Å². The molecule has 0 bridgehead atoms. The van der Waals surface area contributed by atoms with Crippen LogP contribution in [0.4, 0.5) is 11.5 Å². The number of nitrogens with zero attached hydrogens (tertiary/aromatic N) is 1. The number of anilines is 2. The molecule has 18 heavy (non-hydrogen) atoms. The van der Waals surface area contributed by atoms with Crippen molar-refractivity contribution in [2.24, 2.45) is 5.92 Å². The first-order valence-corrected chi connectivity index (χ1v) is 6.45. The van der Waals surface area contributed by atoms with Gasteiger partial charge in [-0.1, -0.05) is 6.08 Å². The average Bonchev–Trinajstić information content (AvgIpc) is 3.14. The molecule has 3 N–H and O–H groups in total. The summed E-state index contributed by atoms with van der Waals surface area (Å²) in [7, 11) is 0. The number of nitrogens with two attached hydrogens (primary N) is 1. The molecule has 1 aliphatic carbocycles. The summed E-state index contributed by atoms with van der Waals surface area (Å²) in [5.41, 5.74) is 6.45. The van der Waals surface area contributed by atoms with Crippen molar-refractivity contribution in [3.05, 3.63) is 24.8 Å². The number of pyridine rings is 1. The Morgan fingerprint density at radius 1 is 1.61 bits per heavy atom. The SMILES string of the molecule is C=CCC(C)Nc1ccc(N)c(OCC2CC2)n1. The van der Waals surface area contributed by atoms with E-state index in [1.807, 2.05) is 18.2 Å². The fourth-order valence-electron chi connectivity index (χ4n) is 1.69. The number of ether oxygens (including phenoxy) is 1. The summed E-state index contributed by atoms with van der Waals surface area (Å²) in [6.07, 6.45) is 5.30. The normalized spacial score (nSPS) is 16.1. The molecule has 98 valence electrons. The van der Waals surface area contributed by atoms with Crippen molar-refractivity contribution in [1.29, 1.82) is 0 Å². The Balaban J connectivity index is 1.97. The van der Waals surface area contributed by atoms with Crippen LogP contribution < -0.4 is 15.8 Å². The van der Waals surface area contributed by atoms with E-state index in [4.69, 9.17) is 10.5 Å². The zero-order chi connectivity index (χ0) is 13.0. The van der Waals surface area contributed by atoms with E-state index in [1.165, 1.54) is 12.8 Å². The van der Waals surface area contributed by atoms with Crippen LogP contribution in [-0.2, 0) is 0 Å². The molecule has 0 amide bonds. The second-order valence-electron chi connectivity index (χ2n) is 4.92. The van der Waals surface area contributed by atoms with Crippen molar-refractivity contribution in [1.82, 2.24) is 4.98 Å². The molecule has 1 atom stereocenters. The largest absolute Gasteiger partial charge is 0.476 e. The van der Waals surface area contributed by atoms with E-state index in [9.17, 15) is 0 Å². The molecule has 1 fully saturated rings. The second kappa shape index (κ2) is 5.76. The Morgan fingerprint density at radius 2 is 2.39 bits per heavy atom. The Kier molecular flexibility index (Phi) is 4.07. The molecule has 1 saturated carbocycles. The molecule has 0 aromatic carbocycles. The first kappa shape index (κ1) is 12.7.